The van der Waals surface area contributed by atoms with Gasteiger partial charge in [-0.05, 0) is 19.9 Å². The zero-order valence-corrected chi connectivity index (χ0v) is 10.4. The standard InChI is InChI=1S/C12H16F3N2O/c1-8(2)16-4-3-11-9(6-16)5-10(7-17(11)18)12(13,14)15/h5,7-8,11H,3-4,6H2,1-2H3/q+1. The third-order valence-electron chi connectivity index (χ3n) is 3.48. The van der Waals surface area contributed by atoms with E-state index in [9.17, 15) is 18.1 Å². The first-order valence-corrected chi connectivity index (χ1v) is 5.98. The molecule has 0 spiro atoms. The van der Waals surface area contributed by atoms with Crippen molar-refractivity contribution in [3.63, 3.8) is 0 Å². The molecular formula is C12H16F3N2O+. The lowest BCUT2D eigenvalue weighted by Crippen LogP contribution is -2.45. The summed E-state index contributed by atoms with van der Waals surface area (Å²) in [4.78, 5) is 13.7. The molecule has 1 atom stereocenters. The van der Waals surface area contributed by atoms with Gasteiger partial charge in [-0.15, -0.1) is 0 Å². The Hall–Kier alpha value is -1.17. The highest BCUT2D eigenvalue weighted by Crippen LogP contribution is 2.33. The van der Waals surface area contributed by atoms with Crippen LogP contribution in [0.4, 0.5) is 13.2 Å². The van der Waals surface area contributed by atoms with E-state index in [1.54, 1.807) is 0 Å². The van der Waals surface area contributed by atoms with E-state index in [4.69, 9.17) is 0 Å². The predicted molar refractivity (Wildman–Crippen MR) is 61.0 cm³/mol. The second kappa shape index (κ2) is 4.50. The third kappa shape index (κ3) is 2.48. The average Bonchev–Trinajstić information content (AvgIpc) is 2.26. The number of nitrogens with zero attached hydrogens (tertiary/aromatic N) is 2. The number of allylic oxidation sites excluding steroid dienone is 2. The van der Waals surface area contributed by atoms with Crippen molar-refractivity contribution >= 4 is 0 Å². The van der Waals surface area contributed by atoms with E-state index in [1.807, 2.05) is 13.8 Å². The molecule has 2 rings (SSSR count). The van der Waals surface area contributed by atoms with Crippen LogP contribution in [0, 0.1) is 4.91 Å². The number of piperidine rings is 1. The summed E-state index contributed by atoms with van der Waals surface area (Å²) in [5, 5.41) is 0. The monoisotopic (exact) mass is 261 g/mol. The largest absolute Gasteiger partial charge is 0.422 e. The van der Waals surface area contributed by atoms with Crippen molar-refractivity contribution in [1.82, 2.24) is 4.90 Å². The molecule has 18 heavy (non-hydrogen) atoms. The Morgan fingerprint density at radius 1 is 1.44 bits per heavy atom. The SMILES string of the molecule is CC(C)N1CCC2C(=CC(C(F)(F)F)=C[N+]2=O)C1. The fraction of sp³-hybridized carbons (Fsp3) is 0.667. The smallest absolute Gasteiger partial charge is 0.296 e. The molecule has 0 radical (unpaired) electrons. The molecule has 1 fully saturated rings. The molecule has 0 aromatic carbocycles. The number of likely N-dealkylation sites (tertiary alicyclic amines) is 1. The maximum atomic E-state index is 12.6. The van der Waals surface area contributed by atoms with Crippen LogP contribution in [0.25, 0.3) is 0 Å². The van der Waals surface area contributed by atoms with E-state index in [1.165, 1.54) is 0 Å². The number of alkyl halides is 3. The van der Waals surface area contributed by atoms with Crippen LogP contribution in [0.3, 0.4) is 0 Å². The summed E-state index contributed by atoms with van der Waals surface area (Å²) in [5.74, 6) is 0. The maximum absolute atomic E-state index is 12.6. The highest BCUT2D eigenvalue weighted by Gasteiger charge is 2.44. The van der Waals surface area contributed by atoms with Gasteiger partial charge in [0.25, 0.3) is 0 Å². The topological polar surface area (TPSA) is 23.3 Å². The van der Waals surface area contributed by atoms with Crippen molar-refractivity contribution < 1.29 is 17.9 Å². The van der Waals surface area contributed by atoms with Gasteiger partial charge < -0.3 is 0 Å². The van der Waals surface area contributed by atoms with Crippen LogP contribution in [-0.2, 0) is 0 Å². The van der Waals surface area contributed by atoms with Crippen LogP contribution in [0.15, 0.2) is 23.4 Å². The molecule has 1 saturated heterocycles. The Morgan fingerprint density at radius 2 is 2.11 bits per heavy atom. The molecule has 2 aliphatic rings. The zero-order chi connectivity index (χ0) is 13.5. The van der Waals surface area contributed by atoms with Crippen molar-refractivity contribution in [3.05, 3.63) is 28.3 Å². The van der Waals surface area contributed by atoms with Gasteiger partial charge in [0, 0.05) is 40.8 Å². The second-order valence-electron chi connectivity index (χ2n) is 5.03. The normalized spacial score (nSPS) is 25.9. The quantitative estimate of drug-likeness (QED) is 0.677. The van der Waals surface area contributed by atoms with E-state index in [2.05, 4.69) is 4.90 Å². The number of hydrogen-bond acceptors (Lipinski definition) is 2. The summed E-state index contributed by atoms with van der Waals surface area (Å²) < 4.78 is 38.4. The minimum absolute atomic E-state index is 0.271. The molecule has 6 heteroatoms. The lowest BCUT2D eigenvalue weighted by molar-refractivity contribution is -0.517. The summed E-state index contributed by atoms with van der Waals surface area (Å²) >= 11 is 0. The molecule has 2 aliphatic heterocycles. The second-order valence-corrected chi connectivity index (χ2v) is 5.03. The zero-order valence-electron chi connectivity index (χ0n) is 10.4. The Morgan fingerprint density at radius 3 is 2.67 bits per heavy atom. The molecule has 0 aliphatic carbocycles. The maximum Gasteiger partial charge on any atom is 0.422 e. The van der Waals surface area contributed by atoms with Crippen LogP contribution < -0.4 is 0 Å². The highest BCUT2D eigenvalue weighted by atomic mass is 19.4. The molecule has 0 bridgehead atoms. The number of nitroso groups, excluding NO2 is 1. The summed E-state index contributed by atoms with van der Waals surface area (Å²) in [6.45, 7) is 5.18. The average molecular weight is 261 g/mol. The summed E-state index contributed by atoms with van der Waals surface area (Å²) in [6.07, 6.45) is -2.08. The highest BCUT2D eigenvalue weighted by molar-refractivity contribution is 5.32. The van der Waals surface area contributed by atoms with Crippen LogP contribution in [0.5, 0.6) is 0 Å². The van der Waals surface area contributed by atoms with Gasteiger partial charge in [0.05, 0.1) is 0 Å². The Bertz CT molecular complexity index is 424. The van der Waals surface area contributed by atoms with Crippen molar-refractivity contribution in [3.8, 4) is 0 Å². The van der Waals surface area contributed by atoms with Crippen LogP contribution >= 0.6 is 0 Å². The molecule has 0 amide bonds. The molecule has 0 aromatic rings. The van der Waals surface area contributed by atoms with Crippen LogP contribution in [0.2, 0.25) is 0 Å². The van der Waals surface area contributed by atoms with Crippen LogP contribution in [-0.4, -0.2) is 41.0 Å². The first-order chi connectivity index (χ1) is 8.29. The number of hydrogen-bond donors (Lipinski definition) is 0. The van der Waals surface area contributed by atoms with Gasteiger partial charge >= 0.3 is 6.18 Å². The molecule has 0 saturated carbocycles. The van der Waals surface area contributed by atoms with Gasteiger partial charge in [-0.3, -0.25) is 4.90 Å². The van der Waals surface area contributed by atoms with E-state index in [0.717, 1.165) is 12.6 Å². The van der Waals surface area contributed by atoms with Crippen LogP contribution in [0.1, 0.15) is 20.3 Å². The molecular weight excluding hydrogens is 245 g/mol. The van der Waals surface area contributed by atoms with Gasteiger partial charge in [0.2, 0.25) is 12.2 Å². The van der Waals surface area contributed by atoms with Crippen molar-refractivity contribution in [2.75, 3.05) is 13.1 Å². The molecule has 3 nitrogen and oxygen atoms in total. The van der Waals surface area contributed by atoms with Crippen molar-refractivity contribution in [1.29, 1.82) is 0 Å². The summed E-state index contributed by atoms with van der Waals surface area (Å²) in [5.41, 5.74) is -0.283. The van der Waals surface area contributed by atoms with Gasteiger partial charge in [-0.2, -0.15) is 13.2 Å². The van der Waals surface area contributed by atoms with Gasteiger partial charge in [-0.1, -0.05) is 0 Å². The summed E-state index contributed by atoms with van der Waals surface area (Å²) in [7, 11) is 0. The predicted octanol–water partition coefficient (Wildman–Crippen LogP) is 2.63. The fourth-order valence-corrected chi connectivity index (χ4v) is 2.38. The minimum atomic E-state index is -4.46. The fourth-order valence-electron chi connectivity index (χ4n) is 2.38. The minimum Gasteiger partial charge on any atom is -0.296 e. The third-order valence-corrected chi connectivity index (χ3v) is 3.48. The van der Waals surface area contributed by atoms with E-state index in [-0.39, 0.29) is 6.04 Å². The Kier molecular flexibility index (Phi) is 3.31. The molecule has 0 N–H and O–H groups in total. The first-order valence-electron chi connectivity index (χ1n) is 5.98. The number of rotatable bonds is 1. The van der Waals surface area contributed by atoms with E-state index < -0.39 is 17.8 Å². The lowest BCUT2D eigenvalue weighted by atomic mass is 9.93. The van der Waals surface area contributed by atoms with Crippen molar-refractivity contribution in [2.45, 2.75) is 38.5 Å². The van der Waals surface area contributed by atoms with E-state index in [0.29, 0.717) is 29.5 Å². The van der Waals surface area contributed by atoms with Gasteiger partial charge in [0.15, 0.2) is 0 Å². The molecule has 100 valence electrons. The van der Waals surface area contributed by atoms with Gasteiger partial charge in [-0.25, -0.2) is 0 Å². The molecule has 1 unspecified atom stereocenters. The number of halogens is 3. The Balaban J connectivity index is 2.26. The van der Waals surface area contributed by atoms with Crippen molar-refractivity contribution in [2.24, 2.45) is 0 Å². The molecule has 2 heterocycles. The number of fused-ring (bicyclic) bond motifs is 1. The Labute approximate surface area is 104 Å². The lowest BCUT2D eigenvalue weighted by Gasteiger charge is -2.34. The first kappa shape index (κ1) is 13.3. The summed E-state index contributed by atoms with van der Waals surface area (Å²) in [6, 6.07) is -0.154. The van der Waals surface area contributed by atoms with E-state index >= 15 is 0 Å². The molecule has 0 aromatic heterocycles. The van der Waals surface area contributed by atoms with Gasteiger partial charge in [0.1, 0.15) is 5.57 Å².